The summed E-state index contributed by atoms with van der Waals surface area (Å²) >= 11 is 0. The third-order valence-corrected chi connectivity index (χ3v) is 6.50. The molecule has 0 amide bonds. The minimum absolute atomic E-state index is 0. The SMILES string of the molecule is COc1ccc2c(c1)CCC1=C2NC(N)=NC1c1ccc(N2CCN(C)CC2)cc1.Cl. The molecule has 5 rings (SSSR count). The van der Waals surface area contributed by atoms with E-state index in [2.05, 4.69) is 58.6 Å². The number of ether oxygens (including phenoxy) is 1. The number of aryl methyl sites for hydroxylation is 1. The van der Waals surface area contributed by atoms with Crippen LogP contribution < -0.4 is 20.7 Å². The van der Waals surface area contributed by atoms with E-state index in [1.807, 2.05) is 6.07 Å². The number of halogens is 1. The summed E-state index contributed by atoms with van der Waals surface area (Å²) in [7, 11) is 3.89. The molecule has 2 aliphatic heterocycles. The molecule has 1 fully saturated rings. The smallest absolute Gasteiger partial charge is 0.194 e. The Morgan fingerprint density at radius 1 is 1.03 bits per heavy atom. The average molecular weight is 440 g/mol. The highest BCUT2D eigenvalue weighted by Gasteiger charge is 2.30. The summed E-state index contributed by atoms with van der Waals surface area (Å²) < 4.78 is 5.40. The number of nitrogens with one attached hydrogen (secondary N) is 1. The molecule has 0 spiro atoms. The number of hydrogen-bond acceptors (Lipinski definition) is 6. The Balaban J connectivity index is 0.00000231. The van der Waals surface area contributed by atoms with E-state index in [1.165, 1.54) is 28.0 Å². The summed E-state index contributed by atoms with van der Waals surface area (Å²) in [6.07, 6.45) is 1.95. The topological polar surface area (TPSA) is 66.1 Å². The van der Waals surface area contributed by atoms with Crippen LogP contribution in [0.25, 0.3) is 5.70 Å². The number of benzene rings is 2. The Morgan fingerprint density at radius 3 is 2.48 bits per heavy atom. The van der Waals surface area contributed by atoms with E-state index in [1.54, 1.807) is 7.11 Å². The maximum atomic E-state index is 6.21. The fourth-order valence-corrected chi connectivity index (χ4v) is 4.72. The quantitative estimate of drug-likeness (QED) is 0.768. The van der Waals surface area contributed by atoms with Gasteiger partial charge in [-0.05, 0) is 66.9 Å². The molecule has 0 bridgehead atoms. The van der Waals surface area contributed by atoms with Gasteiger partial charge in [0.25, 0.3) is 0 Å². The molecule has 2 aromatic rings. The number of anilines is 1. The lowest BCUT2D eigenvalue weighted by atomic mass is 9.83. The Bertz CT molecular complexity index is 1010. The van der Waals surface area contributed by atoms with Gasteiger partial charge in [0.05, 0.1) is 12.8 Å². The summed E-state index contributed by atoms with van der Waals surface area (Å²) in [6.45, 7) is 4.36. The first-order valence-electron chi connectivity index (χ1n) is 10.7. The zero-order valence-corrected chi connectivity index (χ0v) is 18.9. The molecule has 31 heavy (non-hydrogen) atoms. The summed E-state index contributed by atoms with van der Waals surface area (Å²) in [4.78, 5) is 9.61. The maximum absolute atomic E-state index is 6.21. The molecular weight excluding hydrogens is 410 g/mol. The van der Waals surface area contributed by atoms with Gasteiger partial charge in [-0.25, -0.2) is 4.99 Å². The van der Waals surface area contributed by atoms with Gasteiger partial charge in [-0.15, -0.1) is 12.4 Å². The van der Waals surface area contributed by atoms with Crippen molar-refractivity contribution in [2.45, 2.75) is 18.9 Å². The number of guanidine groups is 1. The molecular formula is C24H30ClN5O. The van der Waals surface area contributed by atoms with Crippen molar-refractivity contribution in [3.8, 4) is 5.75 Å². The minimum Gasteiger partial charge on any atom is -0.497 e. The van der Waals surface area contributed by atoms with Crippen LogP contribution in [0.1, 0.15) is 29.2 Å². The molecule has 7 heteroatoms. The zero-order chi connectivity index (χ0) is 20.7. The van der Waals surface area contributed by atoms with Crippen molar-refractivity contribution in [3.05, 3.63) is 64.7 Å². The number of hydrogen-bond donors (Lipinski definition) is 2. The number of nitrogens with two attached hydrogens (primary N) is 1. The van der Waals surface area contributed by atoms with Crippen molar-refractivity contribution in [2.75, 3.05) is 45.2 Å². The second-order valence-corrected chi connectivity index (χ2v) is 8.35. The third kappa shape index (κ3) is 4.10. The molecule has 0 saturated carbocycles. The van der Waals surface area contributed by atoms with Gasteiger partial charge in [-0.1, -0.05) is 12.1 Å². The van der Waals surface area contributed by atoms with Crippen LogP contribution in [0.2, 0.25) is 0 Å². The van der Waals surface area contributed by atoms with Gasteiger partial charge < -0.3 is 25.6 Å². The molecule has 1 saturated heterocycles. The summed E-state index contributed by atoms with van der Waals surface area (Å²) in [5.74, 6) is 1.37. The molecule has 0 aromatic heterocycles. The van der Waals surface area contributed by atoms with E-state index >= 15 is 0 Å². The van der Waals surface area contributed by atoms with E-state index in [9.17, 15) is 0 Å². The Kier molecular flexibility index (Phi) is 6.12. The first-order valence-corrected chi connectivity index (χ1v) is 10.7. The van der Waals surface area contributed by atoms with Crippen LogP contribution in [0, 0.1) is 0 Å². The lowest BCUT2D eigenvalue weighted by Gasteiger charge is -2.34. The molecule has 2 aromatic carbocycles. The molecule has 1 aliphatic carbocycles. The first-order chi connectivity index (χ1) is 14.6. The maximum Gasteiger partial charge on any atom is 0.194 e. The van der Waals surface area contributed by atoms with E-state index in [0.717, 1.165) is 50.5 Å². The predicted octanol–water partition coefficient (Wildman–Crippen LogP) is 3.19. The van der Waals surface area contributed by atoms with Crippen molar-refractivity contribution in [1.82, 2.24) is 10.2 Å². The van der Waals surface area contributed by atoms with Gasteiger partial charge in [-0.3, -0.25) is 0 Å². The standard InChI is InChI=1S/C24H29N5O.ClH/c1-28-11-13-29(14-12-28)18-6-3-16(4-7-18)22-21-9-5-17-15-19(30-2)8-10-20(17)23(21)27-24(25)26-22;/h3-4,6-8,10,15,22H,5,9,11-14H2,1-2H3,(H3,25,26,27);1H. The van der Waals surface area contributed by atoms with Crippen LogP contribution in [0.15, 0.2) is 53.0 Å². The van der Waals surface area contributed by atoms with Crippen molar-refractivity contribution in [2.24, 2.45) is 10.7 Å². The molecule has 2 heterocycles. The monoisotopic (exact) mass is 439 g/mol. The third-order valence-electron chi connectivity index (χ3n) is 6.50. The van der Waals surface area contributed by atoms with E-state index < -0.39 is 0 Å². The summed E-state index contributed by atoms with van der Waals surface area (Å²) in [5.41, 5.74) is 13.6. The second-order valence-electron chi connectivity index (χ2n) is 8.35. The highest BCUT2D eigenvalue weighted by Crippen LogP contribution is 2.41. The zero-order valence-electron chi connectivity index (χ0n) is 18.1. The molecule has 1 atom stereocenters. The largest absolute Gasteiger partial charge is 0.497 e. The highest BCUT2D eigenvalue weighted by molar-refractivity contribution is 5.93. The van der Waals surface area contributed by atoms with Crippen molar-refractivity contribution >= 4 is 29.8 Å². The van der Waals surface area contributed by atoms with Crippen molar-refractivity contribution in [1.29, 1.82) is 0 Å². The number of piperazine rings is 1. The number of fused-ring (bicyclic) bond motifs is 2. The van der Waals surface area contributed by atoms with E-state index in [4.69, 9.17) is 15.5 Å². The van der Waals surface area contributed by atoms with Crippen LogP contribution in [-0.2, 0) is 6.42 Å². The number of rotatable bonds is 3. The highest BCUT2D eigenvalue weighted by atomic mass is 35.5. The van der Waals surface area contributed by atoms with Crippen LogP contribution in [0.5, 0.6) is 5.75 Å². The molecule has 3 N–H and O–H groups in total. The Labute approximate surface area is 190 Å². The molecule has 1 unspecified atom stereocenters. The van der Waals surface area contributed by atoms with Gasteiger partial charge in [0.2, 0.25) is 0 Å². The fourth-order valence-electron chi connectivity index (χ4n) is 4.72. The lowest BCUT2D eigenvalue weighted by molar-refractivity contribution is 0.313. The molecule has 3 aliphatic rings. The lowest BCUT2D eigenvalue weighted by Crippen LogP contribution is -2.44. The fraction of sp³-hybridized carbons (Fsp3) is 0.375. The van der Waals surface area contributed by atoms with Gasteiger partial charge in [0.15, 0.2) is 5.96 Å². The summed E-state index contributed by atoms with van der Waals surface area (Å²) in [6, 6.07) is 15.1. The van der Waals surface area contributed by atoms with Crippen LogP contribution in [-0.4, -0.2) is 51.2 Å². The number of likely N-dealkylation sites (N-methyl/N-ethyl adjacent to an activating group) is 1. The van der Waals surface area contributed by atoms with Crippen LogP contribution in [0.4, 0.5) is 5.69 Å². The summed E-state index contributed by atoms with van der Waals surface area (Å²) in [5, 5.41) is 3.33. The number of nitrogens with zero attached hydrogens (tertiary/aromatic N) is 3. The van der Waals surface area contributed by atoms with Crippen LogP contribution >= 0.6 is 12.4 Å². The number of aliphatic imine (C=N–C) groups is 1. The van der Waals surface area contributed by atoms with Gasteiger partial charge in [-0.2, -0.15) is 0 Å². The normalized spacial score (nSPS) is 20.8. The predicted molar refractivity (Wildman–Crippen MR) is 129 cm³/mol. The van der Waals surface area contributed by atoms with E-state index in [0.29, 0.717) is 5.96 Å². The van der Waals surface area contributed by atoms with Gasteiger partial charge >= 0.3 is 0 Å². The van der Waals surface area contributed by atoms with Crippen molar-refractivity contribution < 1.29 is 4.74 Å². The van der Waals surface area contributed by atoms with Gasteiger partial charge in [0, 0.05) is 37.4 Å². The molecule has 6 nitrogen and oxygen atoms in total. The Hall–Kier alpha value is -2.70. The number of methoxy groups -OCH3 is 1. The first kappa shape index (κ1) is 21.5. The minimum atomic E-state index is -0.0296. The van der Waals surface area contributed by atoms with Crippen LogP contribution in [0.3, 0.4) is 0 Å². The average Bonchev–Trinajstić information content (AvgIpc) is 2.78. The Morgan fingerprint density at radius 2 is 1.77 bits per heavy atom. The van der Waals surface area contributed by atoms with Crippen molar-refractivity contribution in [3.63, 3.8) is 0 Å². The molecule has 164 valence electrons. The second kappa shape index (κ2) is 8.81. The van der Waals surface area contributed by atoms with E-state index in [-0.39, 0.29) is 18.4 Å². The van der Waals surface area contributed by atoms with Gasteiger partial charge in [0.1, 0.15) is 11.8 Å². The molecule has 0 radical (unpaired) electrons.